The summed E-state index contributed by atoms with van der Waals surface area (Å²) in [5, 5.41) is 17.3. The summed E-state index contributed by atoms with van der Waals surface area (Å²) in [5.74, 6) is 0.784. The smallest absolute Gasteiger partial charge is 0.314 e. The van der Waals surface area contributed by atoms with Crippen molar-refractivity contribution in [2.24, 2.45) is 7.05 Å². The number of benzene rings is 1. The van der Waals surface area contributed by atoms with Crippen molar-refractivity contribution in [3.8, 4) is 11.4 Å². The van der Waals surface area contributed by atoms with Crippen LogP contribution in [0.1, 0.15) is 42.5 Å². The number of hydrogen-bond donors (Lipinski definition) is 2. The van der Waals surface area contributed by atoms with Crippen LogP contribution >= 0.6 is 0 Å². The van der Waals surface area contributed by atoms with Gasteiger partial charge in [-0.25, -0.2) is 9.97 Å². The Morgan fingerprint density at radius 1 is 1.14 bits per heavy atom. The van der Waals surface area contributed by atoms with Crippen LogP contribution in [-0.4, -0.2) is 30.8 Å². The maximum Gasteiger partial charge on any atom is 0.314 e. The van der Waals surface area contributed by atoms with Crippen LogP contribution in [0, 0.1) is 0 Å². The zero-order valence-electron chi connectivity index (χ0n) is 16.4. The molecule has 2 aliphatic carbocycles. The monoisotopic (exact) mass is 389 g/mol. The van der Waals surface area contributed by atoms with Crippen molar-refractivity contribution >= 4 is 17.5 Å². The number of rotatable bonds is 5. The topological polar surface area (TPSA) is 92.9 Å². The summed E-state index contributed by atoms with van der Waals surface area (Å²) < 4.78 is 1.75. The first-order valence-corrected chi connectivity index (χ1v) is 10.0. The number of aromatic nitrogens is 4. The van der Waals surface area contributed by atoms with Crippen molar-refractivity contribution in [3.63, 3.8) is 0 Å². The third-order valence-corrected chi connectivity index (χ3v) is 6.21. The molecule has 5 rings (SSSR count). The molecule has 3 aromatic rings. The standard InChI is InChI=1S/C22H23N5O2/c1-27-13-14(12-23-27)19-25-18-5-2-4-17(18)20(26-19)24-16-8-6-15(7-9-16)22(21(28)29)10-3-11-22/h6-9,12-13H,2-5,10-11H2,1H3,(H,28,29)(H,24,25,26). The number of carboxylic acids is 1. The molecule has 1 fully saturated rings. The minimum atomic E-state index is -0.723. The SMILES string of the molecule is Cn1cc(-c2nc3c(c(Nc4ccc(C5(C(=O)O)CCC5)cc4)n2)CCC3)cn1. The van der Waals surface area contributed by atoms with Crippen molar-refractivity contribution < 1.29 is 9.90 Å². The Labute approximate surface area is 168 Å². The molecule has 0 aliphatic heterocycles. The van der Waals surface area contributed by atoms with Gasteiger partial charge < -0.3 is 10.4 Å². The van der Waals surface area contributed by atoms with Crippen molar-refractivity contribution in [2.45, 2.75) is 43.9 Å². The second-order valence-electron chi connectivity index (χ2n) is 8.02. The fourth-order valence-corrected chi connectivity index (χ4v) is 4.37. The van der Waals surface area contributed by atoms with Gasteiger partial charge in [-0.05, 0) is 49.8 Å². The van der Waals surface area contributed by atoms with Gasteiger partial charge in [-0.15, -0.1) is 0 Å². The zero-order valence-corrected chi connectivity index (χ0v) is 16.4. The lowest BCUT2D eigenvalue weighted by molar-refractivity contribution is -0.147. The summed E-state index contributed by atoms with van der Waals surface area (Å²) in [6.07, 6.45) is 9.08. The van der Waals surface area contributed by atoms with Gasteiger partial charge in [0.1, 0.15) is 5.82 Å². The van der Waals surface area contributed by atoms with Gasteiger partial charge in [-0.3, -0.25) is 9.48 Å². The summed E-state index contributed by atoms with van der Waals surface area (Å²) >= 11 is 0. The molecule has 148 valence electrons. The number of nitrogens with zero attached hydrogens (tertiary/aromatic N) is 4. The lowest BCUT2D eigenvalue weighted by atomic mass is 9.64. The normalized spacial score (nSPS) is 16.9. The van der Waals surface area contributed by atoms with Crippen LogP contribution in [0.4, 0.5) is 11.5 Å². The first-order valence-electron chi connectivity index (χ1n) is 10.0. The molecule has 2 heterocycles. The van der Waals surface area contributed by atoms with E-state index in [0.717, 1.165) is 54.0 Å². The van der Waals surface area contributed by atoms with Crippen molar-refractivity contribution in [1.82, 2.24) is 19.7 Å². The Bertz CT molecular complexity index is 1080. The van der Waals surface area contributed by atoms with Crippen molar-refractivity contribution in [3.05, 3.63) is 53.5 Å². The number of carbonyl (C=O) groups is 1. The molecule has 7 nitrogen and oxygen atoms in total. The highest BCUT2D eigenvalue weighted by molar-refractivity contribution is 5.83. The molecule has 0 bridgehead atoms. The predicted octanol–water partition coefficient (Wildman–Crippen LogP) is 3.62. The first kappa shape index (κ1) is 17.8. The molecule has 1 saturated carbocycles. The van der Waals surface area contributed by atoms with Crippen LogP contribution in [0.15, 0.2) is 36.7 Å². The van der Waals surface area contributed by atoms with Crippen LogP contribution in [0.25, 0.3) is 11.4 Å². The van der Waals surface area contributed by atoms with E-state index in [4.69, 9.17) is 9.97 Å². The summed E-state index contributed by atoms with van der Waals surface area (Å²) in [5.41, 5.74) is 4.24. The Balaban J connectivity index is 1.46. The highest BCUT2D eigenvalue weighted by Crippen LogP contribution is 2.44. The lowest BCUT2D eigenvalue weighted by Crippen LogP contribution is -2.42. The van der Waals surface area contributed by atoms with Crippen molar-refractivity contribution in [2.75, 3.05) is 5.32 Å². The van der Waals surface area contributed by atoms with E-state index in [1.165, 1.54) is 5.56 Å². The molecule has 0 saturated heterocycles. The van der Waals surface area contributed by atoms with Gasteiger partial charge in [0.05, 0.1) is 17.2 Å². The maximum atomic E-state index is 11.7. The molecule has 2 aliphatic rings. The van der Waals surface area contributed by atoms with Crippen LogP contribution < -0.4 is 5.32 Å². The zero-order chi connectivity index (χ0) is 20.0. The highest BCUT2D eigenvalue weighted by atomic mass is 16.4. The highest BCUT2D eigenvalue weighted by Gasteiger charge is 2.45. The van der Waals surface area contributed by atoms with Crippen LogP contribution in [-0.2, 0) is 30.1 Å². The minimum absolute atomic E-state index is 0.678. The average Bonchev–Trinajstić information content (AvgIpc) is 3.30. The Kier molecular flexibility index (Phi) is 4.12. The first-order chi connectivity index (χ1) is 14.0. The van der Waals surface area contributed by atoms with E-state index in [0.29, 0.717) is 18.7 Å². The van der Waals surface area contributed by atoms with Gasteiger partial charge in [0, 0.05) is 30.2 Å². The molecule has 29 heavy (non-hydrogen) atoms. The van der Waals surface area contributed by atoms with E-state index in [1.54, 1.807) is 10.9 Å². The lowest BCUT2D eigenvalue weighted by Gasteiger charge is -2.38. The van der Waals surface area contributed by atoms with E-state index >= 15 is 0 Å². The number of aliphatic carboxylic acids is 1. The minimum Gasteiger partial charge on any atom is -0.481 e. The van der Waals surface area contributed by atoms with Crippen LogP contribution in [0.2, 0.25) is 0 Å². The third kappa shape index (κ3) is 2.97. The third-order valence-electron chi connectivity index (χ3n) is 6.21. The van der Waals surface area contributed by atoms with Gasteiger partial charge in [-0.1, -0.05) is 18.6 Å². The number of hydrogen-bond acceptors (Lipinski definition) is 5. The van der Waals surface area contributed by atoms with Gasteiger partial charge in [0.2, 0.25) is 0 Å². The molecule has 2 N–H and O–H groups in total. The van der Waals surface area contributed by atoms with Gasteiger partial charge in [0.25, 0.3) is 0 Å². The fourth-order valence-electron chi connectivity index (χ4n) is 4.37. The largest absolute Gasteiger partial charge is 0.481 e. The fraction of sp³-hybridized carbons (Fsp3) is 0.364. The van der Waals surface area contributed by atoms with Gasteiger partial charge in [0.15, 0.2) is 5.82 Å². The molecular weight excluding hydrogens is 366 g/mol. The molecule has 0 unspecified atom stereocenters. The molecule has 7 heteroatoms. The van der Waals surface area contributed by atoms with Crippen LogP contribution in [0.5, 0.6) is 0 Å². The van der Waals surface area contributed by atoms with E-state index in [2.05, 4.69) is 10.4 Å². The summed E-state index contributed by atoms with van der Waals surface area (Å²) in [7, 11) is 1.88. The Morgan fingerprint density at radius 2 is 1.93 bits per heavy atom. The predicted molar refractivity (Wildman–Crippen MR) is 109 cm³/mol. The maximum absolute atomic E-state index is 11.7. The number of carboxylic acid groups (broad SMARTS) is 1. The Hall–Kier alpha value is -3.22. The summed E-state index contributed by atoms with van der Waals surface area (Å²) in [4.78, 5) is 21.3. The molecule has 0 amide bonds. The van der Waals surface area contributed by atoms with E-state index < -0.39 is 11.4 Å². The van der Waals surface area contributed by atoms with E-state index in [9.17, 15) is 9.90 Å². The van der Waals surface area contributed by atoms with E-state index in [1.807, 2.05) is 37.5 Å². The molecule has 0 radical (unpaired) electrons. The summed E-state index contributed by atoms with van der Waals surface area (Å²) in [6.45, 7) is 0. The molecule has 1 aromatic carbocycles. The number of aryl methyl sites for hydroxylation is 2. The quantitative estimate of drug-likeness (QED) is 0.692. The van der Waals surface area contributed by atoms with E-state index in [-0.39, 0.29) is 0 Å². The molecule has 0 atom stereocenters. The second kappa shape index (κ2) is 6.69. The summed E-state index contributed by atoms with van der Waals surface area (Å²) in [6, 6.07) is 7.76. The molecular formula is C22H23N5O2. The average molecular weight is 389 g/mol. The van der Waals surface area contributed by atoms with Gasteiger partial charge >= 0.3 is 5.97 Å². The molecule has 2 aromatic heterocycles. The van der Waals surface area contributed by atoms with Crippen LogP contribution in [0.3, 0.4) is 0 Å². The number of fused-ring (bicyclic) bond motifs is 1. The van der Waals surface area contributed by atoms with Crippen molar-refractivity contribution in [1.29, 1.82) is 0 Å². The molecule has 0 spiro atoms. The number of anilines is 2. The second-order valence-corrected chi connectivity index (χ2v) is 8.02. The Morgan fingerprint density at radius 3 is 2.55 bits per heavy atom. The van der Waals surface area contributed by atoms with Gasteiger partial charge in [-0.2, -0.15) is 5.10 Å². The number of nitrogens with one attached hydrogen (secondary N) is 1.